The number of hydrogen-bond donors (Lipinski definition) is 1. The maximum atomic E-state index is 12.2. The van der Waals surface area contributed by atoms with E-state index in [9.17, 15) is 18.0 Å². The van der Waals surface area contributed by atoms with E-state index in [0.717, 1.165) is 24.8 Å². The van der Waals surface area contributed by atoms with Crippen LogP contribution in [0.25, 0.3) is 0 Å². The standard InChI is InChI=1S/C19H27NO5S/c1-14-7-9-16(10-8-14)26(23,24)12-11-19(22)25-13-18(21)20-17-6-4-3-5-15(17)2/h7-10,15,17H,3-6,11-13H2,1-2H3,(H,20,21)/t15-,17+/m0/s1. The smallest absolute Gasteiger partial charge is 0.307 e. The zero-order chi connectivity index (χ0) is 19.2. The molecule has 144 valence electrons. The van der Waals surface area contributed by atoms with Gasteiger partial charge in [0.2, 0.25) is 0 Å². The van der Waals surface area contributed by atoms with Crippen molar-refractivity contribution in [2.45, 2.75) is 56.9 Å². The fourth-order valence-electron chi connectivity index (χ4n) is 3.08. The molecule has 1 amide bonds. The summed E-state index contributed by atoms with van der Waals surface area (Å²) in [6, 6.07) is 6.59. The highest BCUT2D eigenvalue weighted by atomic mass is 32.2. The number of esters is 1. The third-order valence-corrected chi connectivity index (χ3v) is 6.51. The van der Waals surface area contributed by atoms with Crippen LogP contribution in [0.4, 0.5) is 0 Å². The van der Waals surface area contributed by atoms with Crippen LogP contribution in [0.2, 0.25) is 0 Å². The largest absolute Gasteiger partial charge is 0.456 e. The molecule has 2 atom stereocenters. The number of ether oxygens (including phenoxy) is 1. The molecule has 1 N–H and O–H groups in total. The molecule has 1 aliphatic rings. The highest BCUT2D eigenvalue weighted by Crippen LogP contribution is 2.23. The van der Waals surface area contributed by atoms with Crippen molar-refractivity contribution in [3.8, 4) is 0 Å². The van der Waals surface area contributed by atoms with Crippen LogP contribution in [-0.4, -0.2) is 38.7 Å². The van der Waals surface area contributed by atoms with Crippen LogP contribution < -0.4 is 5.32 Å². The van der Waals surface area contributed by atoms with Crippen molar-refractivity contribution in [2.75, 3.05) is 12.4 Å². The molecule has 1 aromatic rings. The summed E-state index contributed by atoms with van der Waals surface area (Å²) >= 11 is 0. The van der Waals surface area contributed by atoms with Crippen LogP contribution in [0.5, 0.6) is 0 Å². The lowest BCUT2D eigenvalue weighted by Gasteiger charge is -2.29. The summed E-state index contributed by atoms with van der Waals surface area (Å²) in [6.07, 6.45) is 4.02. The van der Waals surface area contributed by atoms with E-state index in [1.165, 1.54) is 18.6 Å². The fourth-order valence-corrected chi connectivity index (χ4v) is 4.30. The molecule has 0 bridgehead atoms. The Morgan fingerprint density at radius 3 is 2.46 bits per heavy atom. The zero-order valence-corrected chi connectivity index (χ0v) is 16.2. The molecule has 0 aromatic heterocycles. The SMILES string of the molecule is Cc1ccc(S(=O)(=O)CCC(=O)OCC(=O)N[C@@H]2CCCC[C@@H]2C)cc1. The number of carbonyl (C=O) groups is 2. The van der Waals surface area contributed by atoms with Crippen LogP contribution in [-0.2, 0) is 24.2 Å². The topological polar surface area (TPSA) is 89.5 Å². The maximum absolute atomic E-state index is 12.2. The van der Waals surface area contributed by atoms with Gasteiger partial charge in [-0.2, -0.15) is 0 Å². The molecule has 0 heterocycles. The van der Waals surface area contributed by atoms with Gasteiger partial charge < -0.3 is 10.1 Å². The predicted molar refractivity (Wildman–Crippen MR) is 98.4 cm³/mol. The second-order valence-corrected chi connectivity index (χ2v) is 9.09. The Labute approximate surface area is 155 Å². The number of sulfone groups is 1. The summed E-state index contributed by atoms with van der Waals surface area (Å²) in [4.78, 5) is 23.9. The normalized spacial score (nSPS) is 20.4. The van der Waals surface area contributed by atoms with Crippen molar-refractivity contribution in [2.24, 2.45) is 5.92 Å². The number of benzene rings is 1. The van der Waals surface area contributed by atoms with Crippen LogP contribution in [0.3, 0.4) is 0 Å². The summed E-state index contributed by atoms with van der Waals surface area (Å²) < 4.78 is 29.3. The molecule has 1 aliphatic carbocycles. The van der Waals surface area contributed by atoms with Crippen LogP contribution in [0, 0.1) is 12.8 Å². The molecule has 0 aliphatic heterocycles. The maximum Gasteiger partial charge on any atom is 0.307 e. The Balaban J connectivity index is 1.74. The van der Waals surface area contributed by atoms with Gasteiger partial charge in [-0.25, -0.2) is 8.42 Å². The van der Waals surface area contributed by atoms with E-state index in [2.05, 4.69) is 12.2 Å². The van der Waals surface area contributed by atoms with E-state index < -0.39 is 15.8 Å². The monoisotopic (exact) mass is 381 g/mol. The molecule has 6 nitrogen and oxygen atoms in total. The first-order chi connectivity index (χ1) is 12.3. The van der Waals surface area contributed by atoms with Gasteiger partial charge in [-0.15, -0.1) is 0 Å². The fraction of sp³-hybridized carbons (Fsp3) is 0.579. The van der Waals surface area contributed by atoms with Crippen molar-refractivity contribution < 1.29 is 22.7 Å². The Kier molecular flexibility index (Phi) is 7.20. The Morgan fingerprint density at radius 2 is 1.81 bits per heavy atom. The van der Waals surface area contributed by atoms with Crippen molar-refractivity contribution >= 4 is 21.7 Å². The third kappa shape index (κ3) is 6.12. The number of aryl methyl sites for hydroxylation is 1. The molecule has 2 rings (SSSR count). The van der Waals surface area contributed by atoms with Gasteiger partial charge in [-0.3, -0.25) is 9.59 Å². The minimum absolute atomic E-state index is 0.122. The Bertz CT molecular complexity index is 727. The molecule has 7 heteroatoms. The minimum Gasteiger partial charge on any atom is -0.456 e. The van der Waals surface area contributed by atoms with E-state index in [1.54, 1.807) is 12.1 Å². The van der Waals surface area contributed by atoms with Crippen molar-refractivity contribution in [1.82, 2.24) is 5.32 Å². The molecular weight excluding hydrogens is 354 g/mol. The lowest BCUT2D eigenvalue weighted by molar-refractivity contribution is -0.148. The van der Waals surface area contributed by atoms with Crippen LogP contribution in [0.15, 0.2) is 29.2 Å². The van der Waals surface area contributed by atoms with Crippen molar-refractivity contribution in [3.63, 3.8) is 0 Å². The summed E-state index contributed by atoms with van der Waals surface area (Å²) in [5, 5.41) is 2.89. The molecule has 1 fully saturated rings. The third-order valence-electron chi connectivity index (χ3n) is 4.78. The van der Waals surface area contributed by atoms with E-state index >= 15 is 0 Å². The molecule has 0 unspecified atom stereocenters. The van der Waals surface area contributed by atoms with Gasteiger partial charge in [0.05, 0.1) is 17.1 Å². The summed E-state index contributed by atoms with van der Waals surface area (Å²) in [5.74, 6) is -0.940. The highest BCUT2D eigenvalue weighted by Gasteiger charge is 2.23. The first-order valence-electron chi connectivity index (χ1n) is 9.02. The molecule has 0 spiro atoms. The minimum atomic E-state index is -3.54. The number of amides is 1. The van der Waals surface area contributed by atoms with Crippen LogP contribution >= 0.6 is 0 Å². The molecule has 1 aromatic carbocycles. The number of nitrogens with one attached hydrogen (secondary N) is 1. The molecule has 0 saturated heterocycles. The van der Waals surface area contributed by atoms with Gasteiger partial charge in [0.15, 0.2) is 16.4 Å². The van der Waals surface area contributed by atoms with Crippen molar-refractivity contribution in [1.29, 1.82) is 0 Å². The molecule has 26 heavy (non-hydrogen) atoms. The average molecular weight is 381 g/mol. The van der Waals surface area contributed by atoms with E-state index in [0.29, 0.717) is 5.92 Å². The highest BCUT2D eigenvalue weighted by molar-refractivity contribution is 7.91. The van der Waals surface area contributed by atoms with Gasteiger partial charge in [-0.1, -0.05) is 37.5 Å². The summed E-state index contributed by atoms with van der Waals surface area (Å²) in [7, 11) is -3.54. The van der Waals surface area contributed by atoms with E-state index in [-0.39, 0.29) is 35.6 Å². The van der Waals surface area contributed by atoms with Crippen molar-refractivity contribution in [3.05, 3.63) is 29.8 Å². The van der Waals surface area contributed by atoms with E-state index in [1.807, 2.05) is 6.92 Å². The van der Waals surface area contributed by atoms with Gasteiger partial charge in [0.25, 0.3) is 5.91 Å². The second-order valence-electron chi connectivity index (χ2n) is 6.98. The number of carbonyl (C=O) groups excluding carboxylic acids is 2. The second kappa shape index (κ2) is 9.16. The first-order valence-corrected chi connectivity index (χ1v) is 10.7. The first kappa shape index (κ1) is 20.4. The van der Waals surface area contributed by atoms with Gasteiger partial charge in [-0.05, 0) is 37.8 Å². The lowest BCUT2D eigenvalue weighted by Crippen LogP contribution is -2.42. The van der Waals surface area contributed by atoms with Gasteiger partial charge >= 0.3 is 5.97 Å². The lowest BCUT2D eigenvalue weighted by atomic mass is 9.86. The average Bonchev–Trinajstić information content (AvgIpc) is 2.60. The van der Waals surface area contributed by atoms with Gasteiger partial charge in [0, 0.05) is 6.04 Å². The zero-order valence-electron chi connectivity index (χ0n) is 15.4. The van der Waals surface area contributed by atoms with E-state index in [4.69, 9.17) is 4.74 Å². The Morgan fingerprint density at radius 1 is 1.15 bits per heavy atom. The predicted octanol–water partition coefficient (Wildman–Crippen LogP) is 2.40. The molecule has 1 saturated carbocycles. The number of hydrogen-bond acceptors (Lipinski definition) is 5. The summed E-state index contributed by atoms with van der Waals surface area (Å²) in [5.41, 5.74) is 0.960. The van der Waals surface area contributed by atoms with Gasteiger partial charge in [0.1, 0.15) is 0 Å². The van der Waals surface area contributed by atoms with Crippen LogP contribution in [0.1, 0.15) is 44.6 Å². The molecule has 0 radical (unpaired) electrons. The Hall–Kier alpha value is -1.89. The summed E-state index contributed by atoms with van der Waals surface area (Å²) in [6.45, 7) is 3.60. The molecular formula is C19H27NO5S. The number of rotatable bonds is 7. The quantitative estimate of drug-likeness (QED) is 0.733.